The Morgan fingerprint density at radius 3 is 2.53 bits per heavy atom. The van der Waals surface area contributed by atoms with E-state index in [1.54, 1.807) is 31.6 Å². The number of methoxy groups -OCH3 is 1. The number of halogens is 1. The lowest BCUT2D eigenvalue weighted by atomic mass is 10.00. The molecule has 0 atom stereocenters. The number of hydrogen-bond acceptors (Lipinski definition) is 8. The van der Waals surface area contributed by atoms with Crippen molar-refractivity contribution in [1.82, 2.24) is 29.5 Å². The van der Waals surface area contributed by atoms with Crippen molar-refractivity contribution >= 4 is 17.4 Å². The van der Waals surface area contributed by atoms with Gasteiger partial charge in [0.25, 0.3) is 0 Å². The number of hydrogen-bond donors (Lipinski definition) is 1. The predicted octanol–water partition coefficient (Wildman–Crippen LogP) is 3.19. The van der Waals surface area contributed by atoms with Crippen LogP contribution in [0.1, 0.15) is 34.8 Å². The number of nitrogens with zero attached hydrogens (tertiary/aromatic N) is 6. The Balaban J connectivity index is 1.30. The van der Waals surface area contributed by atoms with Gasteiger partial charge in [-0.2, -0.15) is 5.10 Å². The van der Waals surface area contributed by atoms with E-state index in [4.69, 9.17) is 4.74 Å². The number of rotatable bonds is 11. The number of benzene rings is 1. The van der Waals surface area contributed by atoms with Gasteiger partial charge >= 0.3 is 0 Å². The number of ketones is 1. The molecule has 192 valence electrons. The molecule has 1 N–H and O–H groups in total. The number of carbonyl (C=O) groups excluding carboxylic acids is 1. The van der Waals surface area contributed by atoms with E-state index in [0.717, 1.165) is 50.5 Å². The monoisotopic (exact) mass is 495 g/mol. The highest BCUT2D eigenvalue weighted by atomic mass is 19.1. The molecule has 0 saturated carbocycles. The molecule has 0 spiro atoms. The van der Waals surface area contributed by atoms with E-state index in [1.165, 1.54) is 13.2 Å². The first kappa shape index (κ1) is 25.7. The smallest absolute Gasteiger partial charge is 0.227 e. The Labute approximate surface area is 211 Å². The molecule has 3 heterocycles. The number of nitrogens with one attached hydrogen (secondary N) is 1. The summed E-state index contributed by atoms with van der Waals surface area (Å²) in [6.45, 7) is 7.97. The predicted molar refractivity (Wildman–Crippen MR) is 136 cm³/mol. The Morgan fingerprint density at radius 2 is 1.83 bits per heavy atom. The van der Waals surface area contributed by atoms with Gasteiger partial charge < -0.3 is 15.0 Å². The fourth-order valence-corrected chi connectivity index (χ4v) is 4.17. The zero-order valence-electron chi connectivity index (χ0n) is 21.2. The highest BCUT2D eigenvalue weighted by Gasteiger charge is 2.16. The molecule has 0 unspecified atom stereocenters. The lowest BCUT2D eigenvalue weighted by Crippen LogP contribution is -2.45. The summed E-state index contributed by atoms with van der Waals surface area (Å²) in [5.41, 5.74) is 2.60. The van der Waals surface area contributed by atoms with Gasteiger partial charge in [0.05, 0.1) is 25.5 Å². The average Bonchev–Trinajstić information content (AvgIpc) is 3.35. The molecule has 1 aromatic carbocycles. The molecule has 36 heavy (non-hydrogen) atoms. The molecule has 0 radical (unpaired) electrons. The van der Waals surface area contributed by atoms with Crippen molar-refractivity contribution in [3.8, 4) is 5.75 Å². The largest absolute Gasteiger partial charge is 0.494 e. The minimum absolute atomic E-state index is 0.0454. The summed E-state index contributed by atoms with van der Waals surface area (Å²) < 4.78 is 21.8. The molecule has 1 aliphatic heterocycles. The first-order chi connectivity index (χ1) is 17.4. The maximum Gasteiger partial charge on any atom is 0.227 e. The second kappa shape index (κ2) is 12.0. The zero-order valence-corrected chi connectivity index (χ0v) is 21.2. The van der Waals surface area contributed by atoms with E-state index in [-0.39, 0.29) is 11.5 Å². The third-order valence-corrected chi connectivity index (χ3v) is 6.50. The molecule has 9 nitrogen and oxygen atoms in total. The Bertz CT molecular complexity index is 1160. The van der Waals surface area contributed by atoms with E-state index >= 15 is 0 Å². The summed E-state index contributed by atoms with van der Waals surface area (Å²) in [5, 5.41) is 7.61. The number of carbonyl (C=O) groups is 1. The number of anilines is 2. The van der Waals surface area contributed by atoms with Gasteiger partial charge in [0.1, 0.15) is 0 Å². The van der Waals surface area contributed by atoms with Gasteiger partial charge in [-0.05, 0) is 43.1 Å². The van der Waals surface area contributed by atoms with Crippen LogP contribution in [0.3, 0.4) is 0 Å². The van der Waals surface area contributed by atoms with Crippen molar-refractivity contribution in [2.24, 2.45) is 0 Å². The Hall–Kier alpha value is -3.37. The highest BCUT2D eigenvalue weighted by molar-refractivity contribution is 5.96. The Morgan fingerprint density at radius 1 is 1.08 bits per heavy atom. The molecule has 4 rings (SSSR count). The van der Waals surface area contributed by atoms with Gasteiger partial charge in [-0.3, -0.25) is 14.4 Å². The van der Waals surface area contributed by atoms with Crippen LogP contribution in [0.4, 0.5) is 16.0 Å². The van der Waals surface area contributed by atoms with Crippen LogP contribution in [0, 0.1) is 5.82 Å². The molecule has 10 heteroatoms. The van der Waals surface area contributed by atoms with Crippen LogP contribution in [0.5, 0.6) is 5.75 Å². The minimum atomic E-state index is -0.436. The van der Waals surface area contributed by atoms with Crippen LogP contribution in [0.25, 0.3) is 0 Å². The molecular weight excluding hydrogens is 461 g/mol. The summed E-state index contributed by atoms with van der Waals surface area (Å²) >= 11 is 0. The number of aryl methyl sites for hydroxylation is 2. The molecule has 0 amide bonds. The first-order valence-electron chi connectivity index (χ1n) is 12.4. The molecule has 0 aliphatic carbocycles. The minimum Gasteiger partial charge on any atom is -0.494 e. The van der Waals surface area contributed by atoms with Crippen LogP contribution in [-0.4, -0.2) is 82.2 Å². The number of ether oxygens (including phenoxy) is 1. The molecule has 1 fully saturated rings. The van der Waals surface area contributed by atoms with Crippen LogP contribution >= 0.6 is 0 Å². The normalized spacial score (nSPS) is 14.7. The van der Waals surface area contributed by atoms with E-state index < -0.39 is 5.82 Å². The van der Waals surface area contributed by atoms with Crippen LogP contribution in [-0.2, 0) is 19.4 Å². The van der Waals surface area contributed by atoms with Gasteiger partial charge in [0.15, 0.2) is 17.3 Å². The molecule has 0 bridgehead atoms. The van der Waals surface area contributed by atoms with Crippen molar-refractivity contribution in [2.45, 2.75) is 32.7 Å². The molecule has 1 aliphatic rings. The number of Topliss-reactive ketones (excluding diaryl/α,β-unsaturated/α-hetero) is 1. The third kappa shape index (κ3) is 6.64. The summed E-state index contributed by atoms with van der Waals surface area (Å²) in [6.07, 6.45) is 8.46. The van der Waals surface area contributed by atoms with Gasteiger partial charge in [-0.15, -0.1) is 0 Å². The maximum atomic E-state index is 14.7. The van der Waals surface area contributed by atoms with Crippen molar-refractivity contribution in [2.75, 3.05) is 52.2 Å². The standard InChI is InChI=1S/C26H34FN7O2/c1-4-23(35)21-13-20(25(27)24(14-21)36-3)6-5-19-15-28-26(29-16-19)31-22-17-30-34(18-22)12-11-33-9-7-32(2)8-10-33/h13-18H,4-12H2,1-3H3,(H,28,29,31). The second-order valence-electron chi connectivity index (χ2n) is 9.11. The maximum absolute atomic E-state index is 14.7. The average molecular weight is 496 g/mol. The molecular formula is C26H34FN7O2. The van der Waals surface area contributed by atoms with Crippen molar-refractivity contribution in [3.63, 3.8) is 0 Å². The van der Waals surface area contributed by atoms with Gasteiger partial charge in [-0.1, -0.05) is 6.92 Å². The summed E-state index contributed by atoms with van der Waals surface area (Å²) in [5.74, 6) is 0.0786. The lowest BCUT2D eigenvalue weighted by molar-refractivity contribution is 0.0987. The lowest BCUT2D eigenvalue weighted by Gasteiger charge is -2.32. The fourth-order valence-electron chi connectivity index (χ4n) is 4.17. The second-order valence-corrected chi connectivity index (χ2v) is 9.11. The van der Waals surface area contributed by atoms with Crippen molar-refractivity contribution in [1.29, 1.82) is 0 Å². The number of aromatic nitrogens is 4. The van der Waals surface area contributed by atoms with Crippen molar-refractivity contribution in [3.05, 3.63) is 59.4 Å². The van der Waals surface area contributed by atoms with Gasteiger partial charge in [-0.25, -0.2) is 14.4 Å². The third-order valence-electron chi connectivity index (χ3n) is 6.50. The van der Waals surface area contributed by atoms with Crippen LogP contribution < -0.4 is 10.1 Å². The van der Waals surface area contributed by atoms with E-state index in [0.29, 0.717) is 36.3 Å². The van der Waals surface area contributed by atoms with Crippen molar-refractivity contribution < 1.29 is 13.9 Å². The van der Waals surface area contributed by atoms with Gasteiger partial charge in [0, 0.05) is 63.3 Å². The summed E-state index contributed by atoms with van der Waals surface area (Å²) in [7, 11) is 3.56. The fraction of sp³-hybridized carbons (Fsp3) is 0.462. The summed E-state index contributed by atoms with van der Waals surface area (Å²) in [4.78, 5) is 25.7. The van der Waals surface area contributed by atoms with E-state index in [9.17, 15) is 9.18 Å². The topological polar surface area (TPSA) is 88.4 Å². The molecule has 1 saturated heterocycles. The van der Waals surface area contributed by atoms with E-state index in [2.05, 4.69) is 37.2 Å². The van der Waals surface area contributed by atoms with E-state index in [1.807, 2.05) is 10.9 Å². The van der Waals surface area contributed by atoms with Crippen LogP contribution in [0.2, 0.25) is 0 Å². The molecule has 2 aromatic heterocycles. The SMILES string of the molecule is CCC(=O)c1cc(CCc2cnc(Nc3cnn(CCN4CCN(C)CC4)c3)nc2)c(F)c(OC)c1. The molecule has 3 aromatic rings. The van der Waals surface area contributed by atoms with Gasteiger partial charge in [0.2, 0.25) is 5.95 Å². The number of likely N-dealkylation sites (N-methyl/N-ethyl adjacent to an activating group) is 1. The first-order valence-corrected chi connectivity index (χ1v) is 12.4. The highest BCUT2D eigenvalue weighted by Crippen LogP contribution is 2.25. The number of piperazine rings is 1. The quantitative estimate of drug-likeness (QED) is 0.406. The summed E-state index contributed by atoms with van der Waals surface area (Å²) in [6, 6.07) is 3.07. The van der Waals surface area contributed by atoms with Crippen LogP contribution in [0.15, 0.2) is 36.9 Å². The Kier molecular flexibility index (Phi) is 8.61. The zero-order chi connectivity index (χ0) is 25.5.